The van der Waals surface area contributed by atoms with E-state index in [0.717, 1.165) is 48.6 Å². The summed E-state index contributed by atoms with van der Waals surface area (Å²) in [5.74, 6) is 0. The van der Waals surface area contributed by atoms with Gasteiger partial charge in [-0.2, -0.15) is 13.2 Å². The molecule has 4 rings (SSSR count). The molecule has 0 bridgehead atoms. The Morgan fingerprint density at radius 2 is 1.76 bits per heavy atom. The van der Waals surface area contributed by atoms with Crippen LogP contribution in [0.3, 0.4) is 0 Å². The zero-order valence-corrected chi connectivity index (χ0v) is 22.1. The van der Waals surface area contributed by atoms with Crippen LogP contribution in [-0.2, 0) is 22.3 Å². The van der Waals surface area contributed by atoms with Crippen molar-refractivity contribution in [1.82, 2.24) is 9.97 Å². The summed E-state index contributed by atoms with van der Waals surface area (Å²) < 4.78 is 39.3. The minimum atomic E-state index is -4.56. The van der Waals surface area contributed by atoms with Crippen molar-refractivity contribution in [2.24, 2.45) is 15.7 Å². The lowest BCUT2D eigenvalue weighted by Gasteiger charge is -2.22. The number of halogens is 4. The van der Waals surface area contributed by atoms with Gasteiger partial charge in [0.25, 0.3) is 0 Å². The molecule has 0 amide bonds. The highest BCUT2D eigenvalue weighted by Gasteiger charge is 2.32. The van der Waals surface area contributed by atoms with Crippen molar-refractivity contribution in [3.05, 3.63) is 93.5 Å². The van der Waals surface area contributed by atoms with Crippen molar-refractivity contribution in [1.29, 1.82) is 0 Å². The summed E-state index contributed by atoms with van der Waals surface area (Å²) in [5.41, 5.74) is 3.32. The average Bonchev–Trinajstić information content (AvgIpc) is 2.87. The van der Waals surface area contributed by atoms with Crippen LogP contribution in [0.25, 0.3) is 0 Å². The van der Waals surface area contributed by atoms with E-state index in [9.17, 15) is 13.2 Å². The second-order valence-corrected chi connectivity index (χ2v) is 10.3. The molecule has 1 aliphatic carbocycles. The zero-order valence-electron chi connectivity index (χ0n) is 21.3. The molecule has 0 saturated heterocycles. The van der Waals surface area contributed by atoms with Gasteiger partial charge in [-0.05, 0) is 43.9 Å². The highest BCUT2D eigenvalue weighted by Crippen LogP contribution is 2.32. The molecule has 0 fully saturated rings. The Hall–Kier alpha value is -3.46. The van der Waals surface area contributed by atoms with Gasteiger partial charge in [-0.1, -0.05) is 72.2 Å². The molecule has 1 aliphatic rings. The largest absolute Gasteiger partial charge is 0.417 e. The summed E-state index contributed by atoms with van der Waals surface area (Å²) in [6.07, 6.45) is -1.06. The van der Waals surface area contributed by atoms with Crippen LogP contribution < -0.4 is 0 Å². The van der Waals surface area contributed by atoms with Crippen molar-refractivity contribution in [2.45, 2.75) is 46.2 Å². The average molecular weight is 545 g/mol. The monoisotopic (exact) mass is 544 g/mol. The molecule has 0 spiro atoms. The Labute approximate surface area is 224 Å². The number of pyridine rings is 2. The standard InChI is InChI=1S/C28H28ClF3N4O2/c1-18-12-13-20-10-7-11-23(24(20)34-18)35-37-16-27(2,3)17-38-36-25(19-8-5-4-6-9-19)26-22(29)14-21(15-33-26)28(30,31)32/h4-6,8-9,12-15H,7,10-11,16-17H2,1-3H3. The van der Waals surface area contributed by atoms with Gasteiger partial charge in [0.1, 0.15) is 30.3 Å². The van der Waals surface area contributed by atoms with E-state index in [0.29, 0.717) is 5.56 Å². The highest BCUT2D eigenvalue weighted by molar-refractivity contribution is 6.35. The van der Waals surface area contributed by atoms with Gasteiger partial charge in [0.05, 0.1) is 16.3 Å². The van der Waals surface area contributed by atoms with Crippen molar-refractivity contribution in [2.75, 3.05) is 13.2 Å². The first kappa shape index (κ1) is 27.6. The van der Waals surface area contributed by atoms with Crippen LogP contribution in [0.15, 0.2) is 65.0 Å². The molecule has 1 aromatic carbocycles. The molecule has 2 aromatic heterocycles. The normalized spacial score (nSPS) is 15.3. The summed E-state index contributed by atoms with van der Waals surface area (Å²) in [6.45, 7) is 6.23. The van der Waals surface area contributed by atoms with Crippen molar-refractivity contribution in [3.63, 3.8) is 0 Å². The van der Waals surface area contributed by atoms with Gasteiger partial charge in [0, 0.05) is 22.9 Å². The zero-order chi connectivity index (χ0) is 27.3. The molecule has 200 valence electrons. The first-order valence-corrected chi connectivity index (χ1v) is 12.6. The maximum atomic E-state index is 13.1. The second kappa shape index (κ2) is 11.5. The Balaban J connectivity index is 1.47. The molecular formula is C28H28ClF3N4O2. The molecule has 10 heteroatoms. The first-order valence-electron chi connectivity index (χ1n) is 12.2. The number of alkyl halides is 3. The summed E-state index contributed by atoms with van der Waals surface area (Å²) in [6, 6.07) is 13.8. The van der Waals surface area contributed by atoms with Gasteiger partial charge in [-0.15, -0.1) is 0 Å². The molecule has 0 atom stereocenters. The topological polar surface area (TPSA) is 69.0 Å². The fraction of sp³-hybridized carbons (Fsp3) is 0.357. The van der Waals surface area contributed by atoms with Crippen LogP contribution >= 0.6 is 11.6 Å². The molecule has 38 heavy (non-hydrogen) atoms. The number of benzene rings is 1. The lowest BCUT2D eigenvalue weighted by Crippen LogP contribution is -2.25. The predicted molar refractivity (Wildman–Crippen MR) is 140 cm³/mol. The number of oxime groups is 2. The van der Waals surface area contributed by atoms with Gasteiger partial charge < -0.3 is 9.68 Å². The molecule has 0 N–H and O–H groups in total. The van der Waals surface area contributed by atoms with Gasteiger partial charge in [0.15, 0.2) is 0 Å². The Morgan fingerprint density at radius 3 is 2.47 bits per heavy atom. The number of aryl methyl sites for hydroxylation is 2. The van der Waals surface area contributed by atoms with Crippen molar-refractivity contribution >= 4 is 23.0 Å². The van der Waals surface area contributed by atoms with E-state index in [-0.39, 0.29) is 29.6 Å². The summed E-state index contributed by atoms with van der Waals surface area (Å²) >= 11 is 6.20. The molecule has 0 saturated carbocycles. The third-order valence-corrected chi connectivity index (χ3v) is 6.22. The van der Waals surface area contributed by atoms with Crippen molar-refractivity contribution < 1.29 is 22.8 Å². The third-order valence-electron chi connectivity index (χ3n) is 5.93. The fourth-order valence-corrected chi connectivity index (χ4v) is 4.14. The van der Waals surface area contributed by atoms with E-state index >= 15 is 0 Å². The maximum Gasteiger partial charge on any atom is 0.417 e. The van der Waals surface area contributed by atoms with Crippen LogP contribution in [0.2, 0.25) is 5.02 Å². The summed E-state index contributed by atoms with van der Waals surface area (Å²) in [7, 11) is 0. The number of hydrogen-bond acceptors (Lipinski definition) is 6. The first-order chi connectivity index (χ1) is 18.0. The van der Waals surface area contributed by atoms with Gasteiger partial charge >= 0.3 is 6.18 Å². The van der Waals surface area contributed by atoms with E-state index < -0.39 is 17.2 Å². The van der Waals surface area contributed by atoms with Crippen LogP contribution in [0.5, 0.6) is 0 Å². The van der Waals surface area contributed by atoms with Crippen LogP contribution in [0, 0.1) is 12.3 Å². The molecule has 0 radical (unpaired) electrons. The Kier molecular flexibility index (Phi) is 8.35. The minimum absolute atomic E-state index is 0.0880. The van der Waals surface area contributed by atoms with Crippen molar-refractivity contribution in [3.8, 4) is 0 Å². The highest BCUT2D eigenvalue weighted by atomic mass is 35.5. The maximum absolute atomic E-state index is 13.1. The minimum Gasteiger partial charge on any atom is -0.395 e. The van der Waals surface area contributed by atoms with Crippen LogP contribution in [-0.4, -0.2) is 34.6 Å². The number of nitrogens with zero attached hydrogens (tertiary/aromatic N) is 4. The summed E-state index contributed by atoms with van der Waals surface area (Å²) in [4.78, 5) is 19.9. The van der Waals surface area contributed by atoms with E-state index in [1.807, 2.05) is 32.9 Å². The van der Waals surface area contributed by atoms with Crippen LogP contribution in [0.4, 0.5) is 13.2 Å². The van der Waals surface area contributed by atoms with E-state index in [1.54, 1.807) is 24.3 Å². The number of hydrogen-bond donors (Lipinski definition) is 0. The fourth-order valence-electron chi connectivity index (χ4n) is 3.88. The lowest BCUT2D eigenvalue weighted by atomic mass is 9.94. The quantitative estimate of drug-likeness (QED) is 0.226. The molecule has 6 nitrogen and oxygen atoms in total. The smallest absolute Gasteiger partial charge is 0.395 e. The number of aromatic nitrogens is 2. The van der Waals surface area contributed by atoms with Crippen LogP contribution in [0.1, 0.15) is 60.5 Å². The molecule has 3 aromatic rings. The molecular weight excluding hydrogens is 517 g/mol. The molecule has 0 aliphatic heterocycles. The Morgan fingerprint density at radius 1 is 1.03 bits per heavy atom. The van der Waals surface area contributed by atoms with Gasteiger partial charge in [0.2, 0.25) is 0 Å². The Bertz CT molecular complexity index is 1340. The SMILES string of the molecule is Cc1ccc2c(n1)C(=NOCC(C)(C)CON=C(c1ccccc1)c1ncc(C(F)(F)F)cc1Cl)CCC2. The lowest BCUT2D eigenvalue weighted by molar-refractivity contribution is -0.137. The molecule has 0 unspecified atom stereocenters. The molecule has 2 heterocycles. The third kappa shape index (κ3) is 6.89. The van der Waals surface area contributed by atoms with E-state index in [4.69, 9.17) is 21.3 Å². The number of rotatable bonds is 8. The van der Waals surface area contributed by atoms with Gasteiger partial charge in [-0.25, -0.2) is 0 Å². The second-order valence-electron chi connectivity index (χ2n) is 9.92. The predicted octanol–water partition coefficient (Wildman–Crippen LogP) is 7.01. The van der Waals surface area contributed by atoms with E-state index in [1.165, 1.54) is 5.56 Å². The van der Waals surface area contributed by atoms with E-state index in [2.05, 4.69) is 26.3 Å². The number of fused-ring (bicyclic) bond motifs is 1. The van der Waals surface area contributed by atoms with Gasteiger partial charge in [-0.3, -0.25) is 9.97 Å². The summed E-state index contributed by atoms with van der Waals surface area (Å²) in [5, 5.41) is 8.42.